The van der Waals surface area contributed by atoms with E-state index in [-0.39, 0.29) is 10.8 Å². The Morgan fingerprint density at radius 1 is 1.24 bits per heavy atom. The fraction of sp³-hybridized carbons (Fsp3) is 0.167. The second-order valence-corrected chi connectivity index (χ2v) is 5.10. The van der Waals surface area contributed by atoms with Crippen molar-refractivity contribution in [3.8, 4) is 5.75 Å². The maximum atomic E-state index is 12.8. The number of nitrogens with two attached hydrogens (primary N) is 1. The van der Waals surface area contributed by atoms with Crippen LogP contribution in [-0.2, 0) is 13.2 Å². The van der Waals surface area contributed by atoms with Gasteiger partial charge in [0, 0.05) is 16.3 Å². The zero-order valence-electron chi connectivity index (χ0n) is 8.95. The van der Waals surface area contributed by atoms with E-state index in [0.717, 1.165) is 9.75 Å². The van der Waals surface area contributed by atoms with E-state index >= 15 is 0 Å². The molecule has 17 heavy (non-hydrogen) atoms. The van der Waals surface area contributed by atoms with Gasteiger partial charge < -0.3 is 10.5 Å². The third-order valence-electron chi connectivity index (χ3n) is 2.18. The minimum absolute atomic E-state index is 0.278. The molecule has 2 nitrogen and oxygen atoms in total. The molecule has 1 heterocycles. The molecule has 1 aromatic heterocycles. The van der Waals surface area contributed by atoms with Crippen LogP contribution in [0.2, 0.25) is 5.02 Å². The van der Waals surface area contributed by atoms with Gasteiger partial charge in [0.15, 0.2) is 0 Å². The van der Waals surface area contributed by atoms with Gasteiger partial charge in [-0.25, -0.2) is 4.39 Å². The summed E-state index contributed by atoms with van der Waals surface area (Å²) in [5, 5.41) is 0.278. The number of ether oxygens (including phenoxy) is 1. The quantitative estimate of drug-likeness (QED) is 0.922. The van der Waals surface area contributed by atoms with Gasteiger partial charge >= 0.3 is 0 Å². The van der Waals surface area contributed by atoms with Crippen LogP contribution in [0.15, 0.2) is 30.3 Å². The summed E-state index contributed by atoms with van der Waals surface area (Å²) in [6.45, 7) is 0.942. The highest BCUT2D eigenvalue weighted by Gasteiger charge is 2.04. The topological polar surface area (TPSA) is 35.2 Å². The monoisotopic (exact) mass is 271 g/mol. The molecule has 0 aliphatic carbocycles. The maximum Gasteiger partial charge on any atom is 0.138 e. The molecule has 0 fully saturated rings. The summed E-state index contributed by atoms with van der Waals surface area (Å²) in [5.41, 5.74) is 5.52. The van der Waals surface area contributed by atoms with Crippen LogP contribution in [0.1, 0.15) is 9.75 Å². The van der Waals surface area contributed by atoms with E-state index in [0.29, 0.717) is 18.9 Å². The highest BCUT2D eigenvalue weighted by Crippen LogP contribution is 2.26. The van der Waals surface area contributed by atoms with Crippen LogP contribution < -0.4 is 10.5 Å². The molecule has 0 unspecified atom stereocenters. The molecule has 5 heteroatoms. The Labute approximate surface area is 108 Å². The molecule has 0 bridgehead atoms. The number of benzene rings is 1. The molecule has 0 saturated heterocycles. The van der Waals surface area contributed by atoms with E-state index in [9.17, 15) is 4.39 Å². The van der Waals surface area contributed by atoms with E-state index in [1.54, 1.807) is 11.3 Å². The molecule has 0 saturated carbocycles. The van der Waals surface area contributed by atoms with Crippen molar-refractivity contribution in [2.24, 2.45) is 5.73 Å². The van der Waals surface area contributed by atoms with E-state index in [1.165, 1.54) is 18.2 Å². The predicted octanol–water partition coefficient (Wildman–Crippen LogP) is 3.58. The molecule has 1 aromatic carbocycles. The van der Waals surface area contributed by atoms with E-state index in [2.05, 4.69) is 0 Å². The van der Waals surface area contributed by atoms with Gasteiger partial charge in [0.1, 0.15) is 18.2 Å². The lowest BCUT2D eigenvalue weighted by Gasteiger charge is -2.06. The standard InChI is InChI=1S/C12H11ClFNOS/c13-11-5-8(14)1-4-12(11)16-7-10-3-2-9(6-15)17-10/h1-5H,6-7,15H2. The number of thiophene rings is 1. The maximum absolute atomic E-state index is 12.8. The van der Waals surface area contributed by atoms with Crippen molar-refractivity contribution in [2.75, 3.05) is 0 Å². The Hall–Kier alpha value is -1.10. The number of hydrogen-bond donors (Lipinski definition) is 1. The van der Waals surface area contributed by atoms with Gasteiger partial charge in [-0.3, -0.25) is 0 Å². The number of halogens is 2. The van der Waals surface area contributed by atoms with Crippen molar-refractivity contribution in [3.63, 3.8) is 0 Å². The molecular weight excluding hydrogens is 261 g/mol. The summed E-state index contributed by atoms with van der Waals surface area (Å²) in [7, 11) is 0. The molecule has 0 spiro atoms. The second-order valence-electron chi connectivity index (χ2n) is 3.44. The van der Waals surface area contributed by atoms with E-state index in [4.69, 9.17) is 22.1 Å². The van der Waals surface area contributed by atoms with Crippen LogP contribution in [0.3, 0.4) is 0 Å². The van der Waals surface area contributed by atoms with Crippen molar-refractivity contribution in [1.29, 1.82) is 0 Å². The van der Waals surface area contributed by atoms with Gasteiger partial charge in [-0.05, 0) is 30.3 Å². The predicted molar refractivity (Wildman–Crippen MR) is 68.0 cm³/mol. The van der Waals surface area contributed by atoms with Gasteiger partial charge in [0.05, 0.1) is 5.02 Å². The van der Waals surface area contributed by atoms with Crippen molar-refractivity contribution < 1.29 is 9.13 Å². The Balaban J connectivity index is 2.02. The van der Waals surface area contributed by atoms with Gasteiger partial charge in [-0.15, -0.1) is 11.3 Å². The zero-order chi connectivity index (χ0) is 12.3. The molecule has 0 atom stereocenters. The van der Waals surface area contributed by atoms with E-state index in [1.807, 2.05) is 12.1 Å². The Bertz CT molecular complexity index is 515. The average Bonchev–Trinajstić information content (AvgIpc) is 2.76. The first kappa shape index (κ1) is 12.4. The summed E-state index contributed by atoms with van der Waals surface area (Å²) in [4.78, 5) is 2.17. The zero-order valence-corrected chi connectivity index (χ0v) is 10.5. The summed E-state index contributed by atoms with van der Waals surface area (Å²) >= 11 is 7.44. The van der Waals surface area contributed by atoms with Crippen LogP contribution in [0.4, 0.5) is 4.39 Å². The van der Waals surface area contributed by atoms with Crippen molar-refractivity contribution in [2.45, 2.75) is 13.2 Å². The van der Waals surface area contributed by atoms with Crippen molar-refractivity contribution in [1.82, 2.24) is 0 Å². The lowest BCUT2D eigenvalue weighted by molar-refractivity contribution is 0.309. The summed E-state index contributed by atoms with van der Waals surface area (Å²) in [5.74, 6) is 0.111. The first-order chi connectivity index (χ1) is 8.19. The molecular formula is C12H11ClFNOS. The SMILES string of the molecule is NCc1ccc(COc2ccc(F)cc2Cl)s1. The molecule has 0 radical (unpaired) electrons. The third-order valence-corrected chi connectivity index (χ3v) is 3.56. The smallest absolute Gasteiger partial charge is 0.138 e. The molecule has 0 aliphatic heterocycles. The van der Waals surface area contributed by atoms with Gasteiger partial charge in [-0.2, -0.15) is 0 Å². The van der Waals surface area contributed by atoms with E-state index < -0.39 is 0 Å². The highest BCUT2D eigenvalue weighted by molar-refractivity contribution is 7.11. The molecule has 90 valence electrons. The minimum Gasteiger partial charge on any atom is -0.487 e. The van der Waals surface area contributed by atoms with Crippen LogP contribution in [0, 0.1) is 5.82 Å². The molecule has 2 N–H and O–H groups in total. The van der Waals surface area contributed by atoms with Gasteiger partial charge in [0.2, 0.25) is 0 Å². The number of rotatable bonds is 4. The van der Waals surface area contributed by atoms with Crippen LogP contribution in [0.25, 0.3) is 0 Å². The lowest BCUT2D eigenvalue weighted by atomic mass is 10.3. The summed E-state index contributed by atoms with van der Waals surface area (Å²) < 4.78 is 18.3. The molecule has 0 aliphatic rings. The summed E-state index contributed by atoms with van der Waals surface area (Å²) in [6, 6.07) is 8.01. The van der Waals surface area contributed by atoms with Gasteiger partial charge in [0.25, 0.3) is 0 Å². The van der Waals surface area contributed by atoms with Crippen LogP contribution in [-0.4, -0.2) is 0 Å². The normalized spacial score (nSPS) is 10.5. The van der Waals surface area contributed by atoms with Gasteiger partial charge in [-0.1, -0.05) is 11.6 Å². The average molecular weight is 272 g/mol. The fourth-order valence-electron chi connectivity index (χ4n) is 1.35. The molecule has 2 aromatic rings. The first-order valence-corrected chi connectivity index (χ1v) is 6.24. The molecule has 2 rings (SSSR count). The Kier molecular flexibility index (Phi) is 3.99. The second kappa shape index (κ2) is 5.49. The lowest BCUT2D eigenvalue weighted by Crippen LogP contribution is -1.94. The van der Waals surface area contributed by atoms with Crippen molar-refractivity contribution in [3.05, 3.63) is 50.9 Å². The summed E-state index contributed by atoms with van der Waals surface area (Å²) in [6.07, 6.45) is 0. The third kappa shape index (κ3) is 3.19. The highest BCUT2D eigenvalue weighted by atomic mass is 35.5. The van der Waals surface area contributed by atoms with Crippen LogP contribution in [0.5, 0.6) is 5.75 Å². The largest absolute Gasteiger partial charge is 0.487 e. The Morgan fingerprint density at radius 2 is 2.00 bits per heavy atom. The van der Waals surface area contributed by atoms with Crippen molar-refractivity contribution >= 4 is 22.9 Å². The number of hydrogen-bond acceptors (Lipinski definition) is 3. The molecule has 0 amide bonds. The Morgan fingerprint density at radius 3 is 2.65 bits per heavy atom. The minimum atomic E-state index is -0.371. The van der Waals surface area contributed by atoms with Crippen LogP contribution >= 0.6 is 22.9 Å². The first-order valence-electron chi connectivity index (χ1n) is 5.04. The fourth-order valence-corrected chi connectivity index (χ4v) is 2.38.